The first-order chi connectivity index (χ1) is 18.8. The second-order valence-corrected chi connectivity index (χ2v) is 11.8. The number of fused-ring (bicyclic) bond motifs is 1. The maximum Gasteiger partial charge on any atom is 0.494 e. The van der Waals surface area contributed by atoms with Crippen molar-refractivity contribution in [2.75, 3.05) is 29.9 Å². The van der Waals surface area contributed by atoms with Gasteiger partial charge in [-0.05, 0) is 69.4 Å². The lowest BCUT2D eigenvalue weighted by molar-refractivity contribution is -0.113. The van der Waals surface area contributed by atoms with Crippen molar-refractivity contribution in [1.82, 2.24) is 19.4 Å². The summed E-state index contributed by atoms with van der Waals surface area (Å²) in [6, 6.07) is 11.5. The minimum absolute atomic E-state index is 0.360. The van der Waals surface area contributed by atoms with E-state index < -0.39 is 37.3 Å². The van der Waals surface area contributed by atoms with E-state index in [1.165, 1.54) is 4.90 Å². The standard InChI is InChI=1S/C28H33BF2N6O3/c1-26(2)27(3,4)40-29(39-26)19-6-8-20(9-7-19)33-23-10-12-32-25(34-23)36-13-11-18-14-21(35(5)22(18)15-36)24(38)37-16-28(30,31)17-37/h6-10,12,14H,11,13,15-17H2,1-5H3,(H,32,33,34). The lowest BCUT2D eigenvalue weighted by Gasteiger charge is -2.38. The van der Waals surface area contributed by atoms with Crippen LogP contribution < -0.4 is 15.7 Å². The van der Waals surface area contributed by atoms with Gasteiger partial charge in [0.25, 0.3) is 11.8 Å². The van der Waals surface area contributed by atoms with Gasteiger partial charge in [-0.1, -0.05) is 12.1 Å². The molecule has 1 amide bonds. The average molecular weight is 550 g/mol. The van der Waals surface area contributed by atoms with Crippen molar-refractivity contribution < 1.29 is 22.9 Å². The van der Waals surface area contributed by atoms with Crippen molar-refractivity contribution >= 4 is 35.9 Å². The lowest BCUT2D eigenvalue weighted by atomic mass is 9.79. The Morgan fingerprint density at radius 3 is 2.38 bits per heavy atom. The van der Waals surface area contributed by atoms with Gasteiger partial charge in [-0.2, -0.15) is 4.98 Å². The minimum Gasteiger partial charge on any atom is -0.399 e. The molecule has 5 heterocycles. The zero-order valence-corrected chi connectivity index (χ0v) is 23.4. The zero-order chi connectivity index (χ0) is 28.4. The molecule has 3 aliphatic heterocycles. The molecule has 40 heavy (non-hydrogen) atoms. The number of hydrogen-bond acceptors (Lipinski definition) is 7. The minimum atomic E-state index is -2.79. The van der Waals surface area contributed by atoms with E-state index in [-0.39, 0.29) is 5.91 Å². The van der Waals surface area contributed by atoms with Crippen LogP contribution in [0.1, 0.15) is 49.4 Å². The quantitative estimate of drug-likeness (QED) is 0.487. The number of rotatable bonds is 5. The topological polar surface area (TPSA) is 84.8 Å². The maximum absolute atomic E-state index is 13.3. The highest BCUT2D eigenvalue weighted by atomic mass is 19.3. The van der Waals surface area contributed by atoms with Crippen molar-refractivity contribution in [3.63, 3.8) is 0 Å². The molecule has 0 atom stereocenters. The number of benzene rings is 1. The van der Waals surface area contributed by atoms with Gasteiger partial charge < -0.3 is 29.0 Å². The maximum atomic E-state index is 13.3. The number of amides is 1. The number of alkyl halides is 2. The van der Waals surface area contributed by atoms with Crippen LogP contribution in [0.15, 0.2) is 42.6 Å². The molecule has 12 heteroatoms. The highest BCUT2D eigenvalue weighted by Gasteiger charge is 2.51. The van der Waals surface area contributed by atoms with Gasteiger partial charge in [0.1, 0.15) is 11.5 Å². The number of hydrogen-bond donors (Lipinski definition) is 1. The van der Waals surface area contributed by atoms with Crippen LogP contribution in [0.3, 0.4) is 0 Å². The number of carbonyl (C=O) groups is 1. The average Bonchev–Trinajstić information content (AvgIpc) is 3.33. The summed E-state index contributed by atoms with van der Waals surface area (Å²) < 4.78 is 40.7. The molecule has 2 saturated heterocycles. The first-order valence-electron chi connectivity index (χ1n) is 13.5. The van der Waals surface area contributed by atoms with Gasteiger partial charge in [0.05, 0.1) is 30.8 Å². The predicted octanol–water partition coefficient (Wildman–Crippen LogP) is 3.51. The molecular formula is C28H33BF2N6O3. The van der Waals surface area contributed by atoms with Crippen molar-refractivity contribution in [2.45, 2.75) is 57.8 Å². The van der Waals surface area contributed by atoms with Gasteiger partial charge in [-0.3, -0.25) is 4.79 Å². The molecule has 0 unspecified atom stereocenters. The van der Waals surface area contributed by atoms with Gasteiger partial charge >= 0.3 is 7.12 Å². The van der Waals surface area contributed by atoms with Crippen LogP contribution in [-0.2, 0) is 29.3 Å². The number of aromatic nitrogens is 3. The van der Waals surface area contributed by atoms with Crippen molar-refractivity contribution in [3.05, 3.63) is 59.5 Å². The Morgan fingerprint density at radius 1 is 1.05 bits per heavy atom. The van der Waals surface area contributed by atoms with Crippen LogP contribution in [0.25, 0.3) is 0 Å². The molecule has 6 rings (SSSR count). The second-order valence-electron chi connectivity index (χ2n) is 11.8. The van der Waals surface area contributed by atoms with E-state index in [1.54, 1.807) is 13.2 Å². The Bertz CT molecular complexity index is 1430. The Morgan fingerprint density at radius 2 is 1.73 bits per heavy atom. The Hall–Kier alpha value is -3.51. The molecule has 0 radical (unpaired) electrons. The van der Waals surface area contributed by atoms with Crippen molar-refractivity contribution in [1.29, 1.82) is 0 Å². The van der Waals surface area contributed by atoms with Gasteiger partial charge in [0.2, 0.25) is 5.95 Å². The summed E-state index contributed by atoms with van der Waals surface area (Å²) in [5, 5.41) is 3.34. The fourth-order valence-electron chi connectivity index (χ4n) is 5.26. The first kappa shape index (κ1) is 26.7. The van der Waals surface area contributed by atoms with E-state index in [0.29, 0.717) is 37.0 Å². The molecule has 9 nitrogen and oxygen atoms in total. The SMILES string of the molecule is Cn1c(C(=O)N2CC(F)(F)C2)cc2c1CN(c1nccc(Nc3ccc(B4OC(C)(C)C(C)(C)O4)cc3)n1)CC2. The Kier molecular flexibility index (Phi) is 6.19. The second kappa shape index (κ2) is 9.27. The molecule has 0 saturated carbocycles. The normalized spacial score (nSPS) is 20.7. The summed E-state index contributed by atoms with van der Waals surface area (Å²) in [4.78, 5) is 25.2. The number of likely N-dealkylation sites (tertiary alicyclic amines) is 1. The number of carbonyl (C=O) groups excluding carboxylic acids is 1. The number of nitrogens with one attached hydrogen (secondary N) is 1. The highest BCUT2D eigenvalue weighted by molar-refractivity contribution is 6.62. The summed E-state index contributed by atoms with van der Waals surface area (Å²) in [6.45, 7) is 8.28. The third-order valence-electron chi connectivity index (χ3n) is 8.42. The van der Waals surface area contributed by atoms with Crippen LogP contribution in [0.5, 0.6) is 0 Å². The van der Waals surface area contributed by atoms with E-state index >= 15 is 0 Å². The summed E-state index contributed by atoms with van der Waals surface area (Å²) in [5.74, 6) is -1.93. The molecule has 2 aromatic heterocycles. The van der Waals surface area contributed by atoms with Crippen LogP contribution >= 0.6 is 0 Å². The van der Waals surface area contributed by atoms with Crippen molar-refractivity contribution in [3.8, 4) is 0 Å². The van der Waals surface area contributed by atoms with Gasteiger partial charge in [-0.25, -0.2) is 13.8 Å². The molecule has 1 N–H and O–H groups in total. The van der Waals surface area contributed by atoms with Gasteiger partial charge in [0, 0.05) is 31.2 Å². The fraction of sp³-hybridized carbons (Fsp3) is 0.464. The van der Waals surface area contributed by atoms with Gasteiger partial charge in [0.15, 0.2) is 0 Å². The van der Waals surface area contributed by atoms with Crippen LogP contribution in [0.4, 0.5) is 26.2 Å². The zero-order valence-electron chi connectivity index (χ0n) is 23.4. The Labute approximate surface area is 232 Å². The molecule has 210 valence electrons. The van der Waals surface area contributed by atoms with Crippen LogP contribution in [-0.4, -0.2) is 69.2 Å². The molecule has 0 bridgehead atoms. The molecule has 2 fully saturated rings. The highest BCUT2D eigenvalue weighted by Crippen LogP contribution is 2.36. The number of halogens is 2. The predicted molar refractivity (Wildman–Crippen MR) is 148 cm³/mol. The molecule has 0 aliphatic carbocycles. The van der Waals surface area contributed by atoms with E-state index in [4.69, 9.17) is 14.3 Å². The summed E-state index contributed by atoms with van der Waals surface area (Å²) in [7, 11) is 1.38. The van der Waals surface area contributed by atoms with E-state index in [0.717, 1.165) is 22.4 Å². The fourth-order valence-corrected chi connectivity index (χ4v) is 5.26. The molecule has 3 aliphatic rings. The van der Waals surface area contributed by atoms with Crippen LogP contribution in [0, 0.1) is 0 Å². The molecular weight excluding hydrogens is 517 g/mol. The van der Waals surface area contributed by atoms with Crippen molar-refractivity contribution in [2.24, 2.45) is 7.05 Å². The largest absolute Gasteiger partial charge is 0.494 e. The summed E-state index contributed by atoms with van der Waals surface area (Å²) in [6.07, 6.45) is 2.41. The van der Waals surface area contributed by atoms with E-state index in [2.05, 4.69) is 15.2 Å². The summed E-state index contributed by atoms with van der Waals surface area (Å²) in [5.41, 5.74) is 3.46. The monoisotopic (exact) mass is 550 g/mol. The van der Waals surface area contributed by atoms with E-state index in [1.807, 2.05) is 68.7 Å². The van der Waals surface area contributed by atoms with Gasteiger partial charge in [-0.15, -0.1) is 0 Å². The first-order valence-corrected chi connectivity index (χ1v) is 13.5. The third-order valence-corrected chi connectivity index (χ3v) is 8.42. The number of anilines is 3. The Balaban J connectivity index is 1.13. The van der Waals surface area contributed by atoms with E-state index in [9.17, 15) is 13.6 Å². The lowest BCUT2D eigenvalue weighted by Crippen LogP contribution is -2.58. The summed E-state index contributed by atoms with van der Waals surface area (Å²) >= 11 is 0. The molecule has 1 aromatic carbocycles. The smallest absolute Gasteiger partial charge is 0.399 e. The van der Waals surface area contributed by atoms with Crippen LogP contribution in [0.2, 0.25) is 0 Å². The molecule has 3 aromatic rings. The third kappa shape index (κ3) is 4.73. The number of nitrogens with zero attached hydrogens (tertiary/aromatic N) is 5. The molecule has 0 spiro atoms.